The molecular formula is C15H19ClN2O4S. The van der Waals surface area contributed by atoms with Gasteiger partial charge in [-0.3, -0.25) is 0 Å². The van der Waals surface area contributed by atoms with Crippen molar-refractivity contribution in [3.8, 4) is 0 Å². The van der Waals surface area contributed by atoms with E-state index in [9.17, 15) is 13.2 Å². The zero-order chi connectivity index (χ0) is 15.7. The summed E-state index contributed by atoms with van der Waals surface area (Å²) in [5.41, 5.74) is 5.60. The van der Waals surface area contributed by atoms with Gasteiger partial charge in [-0.25, -0.2) is 13.2 Å². The number of halogens is 1. The van der Waals surface area contributed by atoms with Crippen LogP contribution in [0.5, 0.6) is 0 Å². The fourth-order valence-corrected chi connectivity index (χ4v) is 4.39. The smallest absolute Gasteiger partial charge is 0.336 e. The van der Waals surface area contributed by atoms with Crippen molar-refractivity contribution in [3.05, 3.63) is 40.8 Å². The third kappa shape index (κ3) is 3.58. The molecule has 1 aromatic carbocycles. The Balaban J connectivity index is 0.00000192. The molecule has 0 saturated carbocycles. The maximum absolute atomic E-state index is 12.8. The average Bonchev–Trinajstić information content (AvgIpc) is 2.54. The van der Waals surface area contributed by atoms with Crippen LogP contribution in [0, 0.1) is 5.92 Å². The van der Waals surface area contributed by atoms with Gasteiger partial charge in [0.15, 0.2) is 0 Å². The first-order valence-electron chi connectivity index (χ1n) is 7.25. The van der Waals surface area contributed by atoms with E-state index in [1.54, 1.807) is 12.1 Å². The Morgan fingerprint density at radius 3 is 2.78 bits per heavy atom. The summed E-state index contributed by atoms with van der Waals surface area (Å²) >= 11 is 0. The normalized spacial score (nSPS) is 19.4. The van der Waals surface area contributed by atoms with Gasteiger partial charge in [0.05, 0.1) is 4.90 Å². The molecule has 126 valence electrons. The van der Waals surface area contributed by atoms with Crippen LogP contribution in [-0.2, 0) is 10.0 Å². The highest BCUT2D eigenvalue weighted by Gasteiger charge is 2.29. The molecule has 23 heavy (non-hydrogen) atoms. The first-order chi connectivity index (χ1) is 10.5. The number of hydrogen-bond donors (Lipinski definition) is 1. The molecule has 1 fully saturated rings. The van der Waals surface area contributed by atoms with Crippen LogP contribution >= 0.6 is 12.4 Å². The molecule has 2 aromatic rings. The van der Waals surface area contributed by atoms with Gasteiger partial charge < -0.3 is 10.2 Å². The lowest BCUT2D eigenvalue weighted by atomic mass is 10.0. The Morgan fingerprint density at radius 1 is 1.26 bits per heavy atom. The third-order valence-corrected chi connectivity index (χ3v) is 5.90. The highest BCUT2D eigenvalue weighted by Crippen LogP contribution is 2.25. The van der Waals surface area contributed by atoms with Crippen LogP contribution in [0.1, 0.15) is 12.8 Å². The van der Waals surface area contributed by atoms with Gasteiger partial charge in [-0.1, -0.05) is 0 Å². The molecule has 1 atom stereocenters. The van der Waals surface area contributed by atoms with Crippen molar-refractivity contribution in [3.63, 3.8) is 0 Å². The number of nitrogens with two attached hydrogens (primary N) is 1. The largest absolute Gasteiger partial charge is 0.423 e. The monoisotopic (exact) mass is 358 g/mol. The molecule has 6 nitrogen and oxygen atoms in total. The van der Waals surface area contributed by atoms with Crippen molar-refractivity contribution in [1.82, 2.24) is 4.31 Å². The molecule has 0 aliphatic carbocycles. The molecule has 1 saturated heterocycles. The van der Waals surface area contributed by atoms with Gasteiger partial charge in [0, 0.05) is 24.5 Å². The number of fused-ring (bicyclic) bond motifs is 1. The summed E-state index contributed by atoms with van der Waals surface area (Å²) in [5.74, 6) is 0.210. The maximum atomic E-state index is 12.8. The highest BCUT2D eigenvalue weighted by molar-refractivity contribution is 7.89. The Hall–Kier alpha value is -1.41. The van der Waals surface area contributed by atoms with E-state index < -0.39 is 15.6 Å². The van der Waals surface area contributed by atoms with Gasteiger partial charge in [0.25, 0.3) is 0 Å². The summed E-state index contributed by atoms with van der Waals surface area (Å²) in [6.45, 7) is 1.47. The molecule has 1 aliphatic heterocycles. The van der Waals surface area contributed by atoms with Crippen LogP contribution in [0.3, 0.4) is 0 Å². The molecule has 1 aliphatic rings. The zero-order valence-electron chi connectivity index (χ0n) is 12.5. The van der Waals surface area contributed by atoms with Gasteiger partial charge in [-0.15, -0.1) is 12.4 Å². The van der Waals surface area contributed by atoms with Crippen molar-refractivity contribution >= 4 is 33.4 Å². The summed E-state index contributed by atoms with van der Waals surface area (Å²) in [5, 5.41) is 0.591. The molecule has 3 rings (SSSR count). The zero-order valence-corrected chi connectivity index (χ0v) is 14.1. The summed E-state index contributed by atoms with van der Waals surface area (Å²) in [4.78, 5) is 11.4. The van der Waals surface area contributed by atoms with E-state index in [0.717, 1.165) is 12.8 Å². The molecule has 0 spiro atoms. The summed E-state index contributed by atoms with van der Waals surface area (Å²) in [7, 11) is -3.55. The Morgan fingerprint density at radius 2 is 2.04 bits per heavy atom. The Labute approximate surface area is 140 Å². The second kappa shape index (κ2) is 7.00. The van der Waals surface area contributed by atoms with Crippen LogP contribution in [0.25, 0.3) is 11.0 Å². The van der Waals surface area contributed by atoms with Gasteiger partial charge in [-0.05, 0) is 49.6 Å². The predicted molar refractivity (Wildman–Crippen MR) is 90.3 cm³/mol. The van der Waals surface area contributed by atoms with E-state index in [0.29, 0.717) is 30.6 Å². The van der Waals surface area contributed by atoms with E-state index in [-0.39, 0.29) is 23.2 Å². The van der Waals surface area contributed by atoms with Gasteiger partial charge in [-0.2, -0.15) is 4.31 Å². The quantitative estimate of drug-likeness (QED) is 0.840. The topological polar surface area (TPSA) is 93.6 Å². The minimum Gasteiger partial charge on any atom is -0.423 e. The SMILES string of the molecule is Cl.NCC1CCCN(S(=O)(=O)c2ccc3oc(=O)ccc3c2)C1. The Bertz CT molecular complexity index is 850. The van der Waals surface area contributed by atoms with E-state index in [4.69, 9.17) is 10.2 Å². The molecule has 2 N–H and O–H groups in total. The van der Waals surface area contributed by atoms with Crippen molar-refractivity contribution in [1.29, 1.82) is 0 Å². The van der Waals surface area contributed by atoms with Gasteiger partial charge >= 0.3 is 5.63 Å². The van der Waals surface area contributed by atoms with Crippen LogP contribution < -0.4 is 11.4 Å². The molecule has 0 radical (unpaired) electrons. The number of nitrogens with zero attached hydrogens (tertiary/aromatic N) is 1. The first-order valence-corrected chi connectivity index (χ1v) is 8.69. The lowest BCUT2D eigenvalue weighted by Crippen LogP contribution is -2.41. The molecule has 0 amide bonds. The summed E-state index contributed by atoms with van der Waals surface area (Å²) in [6, 6.07) is 7.39. The lowest BCUT2D eigenvalue weighted by molar-refractivity contribution is 0.271. The van der Waals surface area contributed by atoms with Crippen LogP contribution in [0.4, 0.5) is 0 Å². The van der Waals surface area contributed by atoms with E-state index in [2.05, 4.69) is 0 Å². The summed E-state index contributed by atoms with van der Waals surface area (Å²) < 4.78 is 32.0. The fourth-order valence-electron chi connectivity index (χ4n) is 2.80. The number of rotatable bonds is 3. The minimum atomic E-state index is -3.55. The molecule has 1 unspecified atom stereocenters. The third-order valence-electron chi connectivity index (χ3n) is 4.04. The van der Waals surface area contributed by atoms with E-state index in [1.165, 1.54) is 22.5 Å². The molecule has 0 bridgehead atoms. The van der Waals surface area contributed by atoms with Crippen LogP contribution in [-0.4, -0.2) is 32.4 Å². The minimum absolute atomic E-state index is 0. The van der Waals surface area contributed by atoms with Crippen LogP contribution in [0.2, 0.25) is 0 Å². The summed E-state index contributed by atoms with van der Waals surface area (Å²) in [6.07, 6.45) is 1.79. The number of piperidine rings is 1. The highest BCUT2D eigenvalue weighted by atomic mass is 35.5. The number of sulfonamides is 1. The van der Waals surface area contributed by atoms with E-state index in [1.807, 2.05) is 0 Å². The number of hydrogen-bond acceptors (Lipinski definition) is 5. The Kier molecular flexibility index (Phi) is 5.46. The maximum Gasteiger partial charge on any atom is 0.336 e. The van der Waals surface area contributed by atoms with Gasteiger partial charge in [0.1, 0.15) is 5.58 Å². The number of benzene rings is 1. The molecular weight excluding hydrogens is 340 g/mol. The van der Waals surface area contributed by atoms with Gasteiger partial charge in [0.2, 0.25) is 10.0 Å². The first kappa shape index (κ1) is 17.9. The molecule has 8 heteroatoms. The van der Waals surface area contributed by atoms with Crippen molar-refractivity contribution < 1.29 is 12.8 Å². The van der Waals surface area contributed by atoms with E-state index >= 15 is 0 Å². The predicted octanol–water partition coefficient (Wildman–Crippen LogP) is 1.57. The van der Waals surface area contributed by atoms with Crippen LogP contribution in [0.15, 0.2) is 44.4 Å². The second-order valence-electron chi connectivity index (χ2n) is 5.56. The van der Waals surface area contributed by atoms with Crippen molar-refractivity contribution in [2.75, 3.05) is 19.6 Å². The second-order valence-corrected chi connectivity index (χ2v) is 7.50. The molecule has 1 aromatic heterocycles. The average molecular weight is 359 g/mol. The fraction of sp³-hybridized carbons (Fsp3) is 0.400. The van der Waals surface area contributed by atoms with Crippen molar-refractivity contribution in [2.24, 2.45) is 11.7 Å². The van der Waals surface area contributed by atoms with Crippen molar-refractivity contribution in [2.45, 2.75) is 17.7 Å². The lowest BCUT2D eigenvalue weighted by Gasteiger charge is -2.31. The molecule has 2 heterocycles. The standard InChI is InChI=1S/C15H18N2O4S.ClH/c16-9-11-2-1-7-17(10-11)22(19,20)13-4-5-14-12(8-13)3-6-15(18)21-14;/h3-6,8,11H,1-2,7,9-10,16H2;1H.